The predicted molar refractivity (Wildman–Crippen MR) is 100 cm³/mol. The van der Waals surface area contributed by atoms with Crippen LogP contribution >= 0.6 is 0 Å². The number of nitrogens with zero attached hydrogens (tertiary/aromatic N) is 3. The average molecular weight is 392 g/mol. The third-order valence-electron chi connectivity index (χ3n) is 4.45. The number of hydrogen-bond acceptors (Lipinski definition) is 5. The van der Waals surface area contributed by atoms with Gasteiger partial charge in [0, 0.05) is 32.2 Å². The molecule has 1 saturated heterocycles. The number of hydrogen-bond donors (Lipinski definition) is 0. The van der Waals surface area contributed by atoms with Gasteiger partial charge in [-0.3, -0.25) is 4.79 Å². The number of ether oxygens (including phenoxy) is 1. The molecule has 0 saturated carbocycles. The lowest BCUT2D eigenvalue weighted by molar-refractivity contribution is -0.132. The van der Waals surface area contributed by atoms with Gasteiger partial charge in [0.2, 0.25) is 15.9 Å². The highest BCUT2D eigenvalue weighted by Gasteiger charge is 2.34. The molecular weight excluding hydrogens is 358 g/mol. The number of sulfonamides is 1. The molecule has 0 bridgehead atoms. The van der Waals surface area contributed by atoms with Crippen LogP contribution < -0.4 is 0 Å². The van der Waals surface area contributed by atoms with E-state index in [9.17, 15) is 18.0 Å². The van der Waals surface area contributed by atoms with Crippen molar-refractivity contribution in [1.82, 2.24) is 14.1 Å². The predicted octanol–water partition coefficient (Wildman–Crippen LogP) is 1.52. The van der Waals surface area contributed by atoms with Gasteiger partial charge in [0.15, 0.2) is 0 Å². The van der Waals surface area contributed by atoms with Crippen LogP contribution in [-0.4, -0.2) is 86.2 Å². The topological polar surface area (TPSA) is 87.2 Å². The summed E-state index contributed by atoms with van der Waals surface area (Å²) in [5, 5.41) is 0. The molecule has 8 nitrogen and oxygen atoms in total. The molecule has 0 spiro atoms. The van der Waals surface area contributed by atoms with E-state index in [2.05, 4.69) is 0 Å². The number of likely N-dealkylation sites (tertiary alicyclic amines) is 1. The zero-order valence-electron chi connectivity index (χ0n) is 16.4. The normalized spacial score (nSPS) is 16.0. The molecule has 1 rings (SSSR count). The van der Waals surface area contributed by atoms with Gasteiger partial charge < -0.3 is 14.5 Å². The van der Waals surface area contributed by atoms with E-state index in [1.54, 1.807) is 16.7 Å². The Bertz CT molecular complexity index is 553. The van der Waals surface area contributed by atoms with Crippen molar-refractivity contribution in [1.29, 1.82) is 0 Å². The molecule has 1 fully saturated rings. The standard InChI is InChI=1S/C17H33N3O5S/c1-5-10-18(11-6-2)16(21)14-20(26(4,23)24)15-8-12-19(13-9-15)17(22)25-7-3/h15H,5-14H2,1-4H3. The Labute approximate surface area is 157 Å². The number of amides is 2. The van der Waals surface area contributed by atoms with Gasteiger partial charge in [-0.1, -0.05) is 13.8 Å². The highest BCUT2D eigenvalue weighted by molar-refractivity contribution is 7.88. The Morgan fingerprint density at radius 3 is 2.04 bits per heavy atom. The summed E-state index contributed by atoms with van der Waals surface area (Å²) < 4.78 is 30.8. The third-order valence-corrected chi connectivity index (χ3v) is 5.73. The molecule has 9 heteroatoms. The summed E-state index contributed by atoms with van der Waals surface area (Å²) in [4.78, 5) is 27.7. The zero-order valence-corrected chi connectivity index (χ0v) is 17.3. The first-order valence-corrected chi connectivity index (χ1v) is 11.3. The molecule has 0 atom stereocenters. The van der Waals surface area contributed by atoms with Crippen LogP contribution in [0.2, 0.25) is 0 Å². The molecular formula is C17H33N3O5S. The lowest BCUT2D eigenvalue weighted by Crippen LogP contribution is -2.52. The lowest BCUT2D eigenvalue weighted by atomic mass is 10.1. The number of carbonyl (C=O) groups is 2. The van der Waals surface area contributed by atoms with E-state index < -0.39 is 10.0 Å². The fraction of sp³-hybridized carbons (Fsp3) is 0.882. The Morgan fingerprint density at radius 1 is 1.08 bits per heavy atom. The monoisotopic (exact) mass is 391 g/mol. The van der Waals surface area contributed by atoms with Crippen LogP contribution in [0.5, 0.6) is 0 Å². The van der Waals surface area contributed by atoms with Gasteiger partial charge in [0.1, 0.15) is 0 Å². The number of carbonyl (C=O) groups excluding carboxylic acids is 2. The molecule has 0 aromatic rings. The minimum absolute atomic E-state index is 0.136. The van der Waals surface area contributed by atoms with E-state index in [0.717, 1.165) is 19.1 Å². The van der Waals surface area contributed by atoms with Crippen molar-refractivity contribution in [3.63, 3.8) is 0 Å². The summed E-state index contributed by atoms with van der Waals surface area (Å²) in [6.45, 7) is 8.03. The average Bonchev–Trinajstić information content (AvgIpc) is 2.58. The summed E-state index contributed by atoms with van der Waals surface area (Å²) in [5.41, 5.74) is 0. The first-order chi connectivity index (χ1) is 12.2. The Balaban J connectivity index is 2.77. The van der Waals surface area contributed by atoms with Crippen LogP contribution in [0.15, 0.2) is 0 Å². The molecule has 0 radical (unpaired) electrons. The molecule has 0 unspecified atom stereocenters. The zero-order chi connectivity index (χ0) is 19.7. The number of rotatable bonds is 9. The Morgan fingerprint density at radius 2 is 1.62 bits per heavy atom. The van der Waals surface area contributed by atoms with E-state index in [-0.39, 0.29) is 24.6 Å². The summed E-state index contributed by atoms with van der Waals surface area (Å²) in [5.74, 6) is -0.160. The smallest absolute Gasteiger partial charge is 0.409 e. The highest BCUT2D eigenvalue weighted by Crippen LogP contribution is 2.20. The second-order valence-electron chi connectivity index (χ2n) is 6.61. The van der Waals surface area contributed by atoms with Crippen LogP contribution in [0.4, 0.5) is 4.79 Å². The second kappa shape index (κ2) is 10.7. The van der Waals surface area contributed by atoms with Crippen molar-refractivity contribution in [2.75, 3.05) is 45.6 Å². The molecule has 1 aliphatic heterocycles. The number of piperidine rings is 1. The molecule has 0 N–H and O–H groups in total. The van der Waals surface area contributed by atoms with Crippen LogP contribution in [0, 0.1) is 0 Å². The fourth-order valence-corrected chi connectivity index (χ4v) is 4.30. The maximum absolute atomic E-state index is 12.6. The summed E-state index contributed by atoms with van der Waals surface area (Å²) >= 11 is 0. The SMILES string of the molecule is CCCN(CCC)C(=O)CN(C1CCN(C(=O)OCC)CC1)S(C)(=O)=O. The molecule has 1 aliphatic rings. The van der Waals surface area contributed by atoms with E-state index in [0.29, 0.717) is 45.6 Å². The first-order valence-electron chi connectivity index (χ1n) is 9.40. The van der Waals surface area contributed by atoms with E-state index in [1.807, 2.05) is 13.8 Å². The van der Waals surface area contributed by atoms with Crippen molar-refractivity contribution in [2.24, 2.45) is 0 Å². The van der Waals surface area contributed by atoms with Crippen molar-refractivity contribution in [2.45, 2.75) is 52.5 Å². The first kappa shape index (κ1) is 22.7. The van der Waals surface area contributed by atoms with E-state index in [4.69, 9.17) is 4.74 Å². The fourth-order valence-electron chi connectivity index (χ4n) is 3.20. The molecule has 26 heavy (non-hydrogen) atoms. The molecule has 2 amide bonds. The van der Waals surface area contributed by atoms with Crippen molar-refractivity contribution < 1.29 is 22.7 Å². The highest BCUT2D eigenvalue weighted by atomic mass is 32.2. The van der Waals surface area contributed by atoms with Crippen LogP contribution in [0.3, 0.4) is 0 Å². The van der Waals surface area contributed by atoms with Crippen LogP contribution in [0.1, 0.15) is 46.5 Å². The Hall–Kier alpha value is -1.35. The van der Waals surface area contributed by atoms with Crippen molar-refractivity contribution in [3.05, 3.63) is 0 Å². The van der Waals surface area contributed by atoms with Gasteiger partial charge in [-0.15, -0.1) is 0 Å². The lowest BCUT2D eigenvalue weighted by Gasteiger charge is -2.37. The Kier molecular flexibility index (Phi) is 9.35. The quantitative estimate of drug-likeness (QED) is 0.595. The van der Waals surface area contributed by atoms with E-state index in [1.165, 1.54) is 4.31 Å². The molecule has 152 valence electrons. The third kappa shape index (κ3) is 6.75. The summed E-state index contributed by atoms with van der Waals surface area (Å²) in [6, 6.07) is -0.273. The minimum atomic E-state index is -3.52. The van der Waals surface area contributed by atoms with Gasteiger partial charge in [-0.2, -0.15) is 4.31 Å². The van der Waals surface area contributed by atoms with Gasteiger partial charge >= 0.3 is 6.09 Å². The van der Waals surface area contributed by atoms with Gasteiger partial charge in [-0.05, 0) is 32.6 Å². The molecule has 0 aromatic heterocycles. The van der Waals surface area contributed by atoms with Crippen molar-refractivity contribution in [3.8, 4) is 0 Å². The van der Waals surface area contributed by atoms with Crippen LogP contribution in [-0.2, 0) is 19.6 Å². The van der Waals surface area contributed by atoms with Crippen LogP contribution in [0.25, 0.3) is 0 Å². The maximum Gasteiger partial charge on any atom is 0.409 e. The molecule has 0 aromatic carbocycles. The molecule has 1 heterocycles. The van der Waals surface area contributed by atoms with Gasteiger partial charge in [0.25, 0.3) is 0 Å². The molecule has 0 aliphatic carbocycles. The summed E-state index contributed by atoms with van der Waals surface area (Å²) in [7, 11) is -3.52. The van der Waals surface area contributed by atoms with Gasteiger partial charge in [-0.25, -0.2) is 13.2 Å². The van der Waals surface area contributed by atoms with Crippen molar-refractivity contribution >= 4 is 22.0 Å². The van der Waals surface area contributed by atoms with E-state index >= 15 is 0 Å². The maximum atomic E-state index is 12.6. The van der Waals surface area contributed by atoms with Gasteiger partial charge in [0.05, 0.1) is 19.4 Å². The minimum Gasteiger partial charge on any atom is -0.450 e. The second-order valence-corrected chi connectivity index (χ2v) is 8.54. The largest absolute Gasteiger partial charge is 0.450 e. The summed E-state index contributed by atoms with van der Waals surface area (Å²) in [6.07, 6.45) is 3.44.